The van der Waals surface area contributed by atoms with Gasteiger partial charge >= 0.3 is 0 Å². The lowest BCUT2D eigenvalue weighted by Gasteiger charge is -2.24. The summed E-state index contributed by atoms with van der Waals surface area (Å²) in [5.41, 5.74) is 4.41. The SMILES string of the molecule is Cc1ccc2oc3c(c(=O)c2c1)[C@@H](c1ccc(C(C)C)cc1)N(c1cccc(C)n1)C3=O. The van der Waals surface area contributed by atoms with Crippen LogP contribution in [0.1, 0.15) is 64.3 Å². The molecule has 5 heteroatoms. The number of rotatable bonds is 3. The number of hydrogen-bond acceptors (Lipinski definition) is 4. The van der Waals surface area contributed by atoms with Gasteiger partial charge in [0.25, 0.3) is 5.91 Å². The Hall–Kier alpha value is -3.73. The van der Waals surface area contributed by atoms with Crippen LogP contribution in [0.2, 0.25) is 0 Å². The van der Waals surface area contributed by atoms with Crippen molar-refractivity contribution in [1.29, 1.82) is 0 Å². The van der Waals surface area contributed by atoms with Crippen LogP contribution in [0.3, 0.4) is 0 Å². The summed E-state index contributed by atoms with van der Waals surface area (Å²) in [5, 5.41) is 0.486. The standard InChI is InChI=1S/C27H24N2O3/c1-15(2)18-9-11-19(12-10-18)24-23-25(30)20-14-16(3)8-13-21(20)32-26(23)27(31)29(24)22-7-5-6-17(4)28-22/h5-15,24H,1-4H3/t24-/m1/s1. The van der Waals surface area contributed by atoms with E-state index in [9.17, 15) is 9.59 Å². The molecule has 1 atom stereocenters. The molecule has 5 nitrogen and oxygen atoms in total. The van der Waals surface area contributed by atoms with Gasteiger partial charge < -0.3 is 4.42 Å². The molecule has 2 aromatic carbocycles. The Labute approximate surface area is 186 Å². The van der Waals surface area contributed by atoms with Gasteiger partial charge in [0.1, 0.15) is 11.4 Å². The highest BCUT2D eigenvalue weighted by Crippen LogP contribution is 2.40. The first kappa shape index (κ1) is 20.2. The number of aromatic nitrogens is 1. The Morgan fingerprint density at radius 2 is 1.72 bits per heavy atom. The van der Waals surface area contributed by atoms with Gasteiger partial charge in [-0.1, -0.05) is 55.8 Å². The Bertz CT molecular complexity index is 1420. The largest absolute Gasteiger partial charge is 0.450 e. The van der Waals surface area contributed by atoms with Crippen LogP contribution >= 0.6 is 0 Å². The number of anilines is 1. The van der Waals surface area contributed by atoms with Crippen molar-refractivity contribution in [2.45, 2.75) is 39.7 Å². The maximum Gasteiger partial charge on any atom is 0.296 e. The zero-order valence-electron chi connectivity index (χ0n) is 18.5. The van der Waals surface area contributed by atoms with E-state index in [4.69, 9.17) is 4.42 Å². The van der Waals surface area contributed by atoms with E-state index in [2.05, 4.69) is 31.0 Å². The lowest BCUT2D eigenvalue weighted by Crippen LogP contribution is -2.30. The molecule has 0 bridgehead atoms. The first-order valence-corrected chi connectivity index (χ1v) is 10.8. The van der Waals surface area contributed by atoms with Crippen molar-refractivity contribution in [3.05, 3.63) is 105 Å². The topological polar surface area (TPSA) is 63.4 Å². The fourth-order valence-electron chi connectivity index (χ4n) is 4.36. The van der Waals surface area contributed by atoms with Gasteiger partial charge in [-0.2, -0.15) is 0 Å². The summed E-state index contributed by atoms with van der Waals surface area (Å²) in [5.74, 6) is 0.621. The summed E-state index contributed by atoms with van der Waals surface area (Å²) in [6.07, 6.45) is 0. The van der Waals surface area contributed by atoms with Crippen LogP contribution in [0.5, 0.6) is 0 Å². The van der Waals surface area contributed by atoms with Crippen molar-refractivity contribution < 1.29 is 9.21 Å². The molecule has 4 aromatic rings. The van der Waals surface area contributed by atoms with Crippen molar-refractivity contribution in [1.82, 2.24) is 4.98 Å². The fraction of sp³-hybridized carbons (Fsp3) is 0.222. The normalized spacial score (nSPS) is 15.6. The maximum absolute atomic E-state index is 13.7. The van der Waals surface area contributed by atoms with Gasteiger partial charge in [0.2, 0.25) is 5.76 Å². The fourth-order valence-corrected chi connectivity index (χ4v) is 4.36. The highest BCUT2D eigenvalue weighted by atomic mass is 16.3. The van der Waals surface area contributed by atoms with Gasteiger partial charge in [-0.05, 0) is 55.2 Å². The molecule has 1 aliphatic rings. The smallest absolute Gasteiger partial charge is 0.296 e. The van der Waals surface area contributed by atoms with Crippen molar-refractivity contribution in [3.63, 3.8) is 0 Å². The van der Waals surface area contributed by atoms with Gasteiger partial charge in [-0.25, -0.2) is 4.98 Å². The average Bonchev–Trinajstić information content (AvgIpc) is 3.07. The number of aryl methyl sites for hydroxylation is 2. The molecule has 160 valence electrons. The van der Waals surface area contributed by atoms with Crippen molar-refractivity contribution in [3.8, 4) is 0 Å². The second kappa shape index (κ2) is 7.45. The molecule has 1 aliphatic heterocycles. The maximum atomic E-state index is 13.7. The third-order valence-corrected chi connectivity index (χ3v) is 6.06. The van der Waals surface area contributed by atoms with E-state index < -0.39 is 6.04 Å². The molecule has 0 spiro atoms. The van der Waals surface area contributed by atoms with Crippen LogP contribution < -0.4 is 10.3 Å². The zero-order valence-corrected chi connectivity index (χ0v) is 18.5. The summed E-state index contributed by atoms with van der Waals surface area (Å²) >= 11 is 0. The van der Waals surface area contributed by atoms with E-state index in [0.717, 1.165) is 16.8 Å². The molecule has 0 saturated heterocycles. The Morgan fingerprint density at radius 3 is 2.41 bits per heavy atom. The number of pyridine rings is 1. The summed E-state index contributed by atoms with van der Waals surface area (Å²) in [6.45, 7) is 8.08. The highest BCUT2D eigenvalue weighted by Gasteiger charge is 2.44. The van der Waals surface area contributed by atoms with Crippen LogP contribution in [0, 0.1) is 13.8 Å². The Kier molecular flexibility index (Phi) is 4.70. The molecule has 1 amide bonds. The first-order chi connectivity index (χ1) is 15.3. The quantitative estimate of drug-likeness (QED) is 0.425. The highest BCUT2D eigenvalue weighted by molar-refractivity contribution is 6.10. The first-order valence-electron chi connectivity index (χ1n) is 10.8. The van der Waals surface area contributed by atoms with Crippen molar-refractivity contribution in [2.75, 3.05) is 4.90 Å². The van der Waals surface area contributed by atoms with E-state index in [1.807, 2.05) is 50.2 Å². The molecule has 0 unspecified atom stereocenters. The molecule has 32 heavy (non-hydrogen) atoms. The van der Waals surface area contributed by atoms with Crippen LogP contribution in [-0.2, 0) is 0 Å². The number of carbonyl (C=O) groups excluding carboxylic acids is 1. The summed E-state index contributed by atoms with van der Waals surface area (Å²) in [6, 6.07) is 18.5. The molecule has 0 fully saturated rings. The number of fused-ring (bicyclic) bond motifs is 2. The zero-order chi connectivity index (χ0) is 22.6. The van der Waals surface area contributed by atoms with E-state index in [0.29, 0.717) is 28.3 Å². The minimum atomic E-state index is -0.603. The second-order valence-corrected chi connectivity index (χ2v) is 8.71. The van der Waals surface area contributed by atoms with E-state index >= 15 is 0 Å². The summed E-state index contributed by atoms with van der Waals surface area (Å²) in [7, 11) is 0. The molecule has 0 aliphatic carbocycles. The third-order valence-electron chi connectivity index (χ3n) is 6.06. The predicted octanol–water partition coefficient (Wildman–Crippen LogP) is 5.68. The minimum absolute atomic E-state index is 0.0904. The van der Waals surface area contributed by atoms with Crippen LogP contribution in [0.4, 0.5) is 5.82 Å². The summed E-state index contributed by atoms with van der Waals surface area (Å²) in [4.78, 5) is 33.4. The molecule has 5 rings (SSSR count). The van der Waals surface area contributed by atoms with Crippen LogP contribution in [-0.4, -0.2) is 10.9 Å². The molecular weight excluding hydrogens is 400 g/mol. The van der Waals surface area contributed by atoms with Crippen molar-refractivity contribution in [2.24, 2.45) is 0 Å². The number of carbonyl (C=O) groups is 1. The number of amides is 1. The molecule has 0 radical (unpaired) electrons. The minimum Gasteiger partial charge on any atom is -0.450 e. The monoisotopic (exact) mass is 424 g/mol. The average molecular weight is 425 g/mol. The van der Waals surface area contributed by atoms with Gasteiger partial charge in [0.05, 0.1) is 17.0 Å². The van der Waals surface area contributed by atoms with Gasteiger partial charge in [-0.15, -0.1) is 0 Å². The Morgan fingerprint density at radius 1 is 0.969 bits per heavy atom. The lowest BCUT2D eigenvalue weighted by molar-refractivity contribution is 0.0970. The van der Waals surface area contributed by atoms with E-state index in [-0.39, 0.29) is 17.1 Å². The lowest BCUT2D eigenvalue weighted by atomic mass is 9.95. The molecular formula is C27H24N2O3. The molecule has 3 heterocycles. The number of nitrogens with zero attached hydrogens (tertiary/aromatic N) is 2. The van der Waals surface area contributed by atoms with Crippen LogP contribution in [0.15, 0.2) is 69.9 Å². The molecule has 2 aromatic heterocycles. The van der Waals surface area contributed by atoms with Gasteiger partial charge in [0, 0.05) is 5.69 Å². The molecule has 0 N–H and O–H groups in total. The van der Waals surface area contributed by atoms with E-state index in [1.165, 1.54) is 5.56 Å². The van der Waals surface area contributed by atoms with Gasteiger partial charge in [-0.3, -0.25) is 14.5 Å². The Balaban J connectivity index is 1.79. The number of hydrogen-bond donors (Lipinski definition) is 0. The van der Waals surface area contributed by atoms with Gasteiger partial charge in [0.15, 0.2) is 5.43 Å². The molecule has 0 saturated carbocycles. The summed E-state index contributed by atoms with van der Waals surface area (Å²) < 4.78 is 6.03. The third kappa shape index (κ3) is 3.12. The predicted molar refractivity (Wildman–Crippen MR) is 125 cm³/mol. The second-order valence-electron chi connectivity index (χ2n) is 8.71. The number of benzene rings is 2. The van der Waals surface area contributed by atoms with Crippen molar-refractivity contribution >= 4 is 22.7 Å². The van der Waals surface area contributed by atoms with Crippen LogP contribution in [0.25, 0.3) is 11.0 Å². The van der Waals surface area contributed by atoms with E-state index in [1.54, 1.807) is 17.0 Å².